The fraction of sp³-hybridized carbons (Fsp3) is 0.500. The van der Waals surface area contributed by atoms with Crippen molar-refractivity contribution in [1.29, 1.82) is 0 Å². The number of amides is 1. The smallest absolute Gasteiger partial charge is 0.250 e. The van der Waals surface area contributed by atoms with Gasteiger partial charge in [-0.2, -0.15) is 6.07 Å². The summed E-state index contributed by atoms with van der Waals surface area (Å²) in [4.78, 5) is 24.5. The Morgan fingerprint density at radius 3 is 2.57 bits per heavy atom. The minimum absolute atomic E-state index is 0. The average Bonchev–Trinajstić information content (AvgIpc) is 3.06. The van der Waals surface area contributed by atoms with Crippen molar-refractivity contribution in [2.75, 3.05) is 5.32 Å². The quantitative estimate of drug-likeness (QED) is 0.631. The summed E-state index contributed by atoms with van der Waals surface area (Å²) < 4.78 is 2.03. The molecule has 157 valence electrons. The Hall–Kier alpha value is -1.46. The number of benzene rings is 1. The van der Waals surface area contributed by atoms with Gasteiger partial charge in [0.15, 0.2) is 0 Å². The van der Waals surface area contributed by atoms with E-state index in [1.807, 2.05) is 22.9 Å². The monoisotopic (exact) mass is 481 g/mol. The number of hydrogen-bond donors (Lipinski definition) is 2. The van der Waals surface area contributed by atoms with Gasteiger partial charge in [0.05, 0.1) is 11.3 Å². The maximum atomic E-state index is 12.5. The molecule has 30 heavy (non-hydrogen) atoms. The molecule has 0 spiro atoms. The maximum Gasteiger partial charge on any atom is 0.250 e. The number of hydrogen-bond acceptors (Lipinski definition) is 3. The zero-order chi connectivity index (χ0) is 20.8. The molecular weight excluding hydrogens is 451 g/mol. The molecule has 0 atom stereocenters. The van der Waals surface area contributed by atoms with Gasteiger partial charge in [0.25, 0.3) is 5.91 Å². The Morgan fingerprint density at radius 2 is 1.90 bits per heavy atom. The van der Waals surface area contributed by atoms with E-state index in [1.54, 1.807) is 6.07 Å². The topological polar surface area (TPSA) is 77.1 Å². The number of Topliss-reactive ketones (excluding diaryl/α,β-unsaturated/α-hetero) is 1. The minimum Gasteiger partial charge on any atom is -0.386 e. The third kappa shape index (κ3) is 4.72. The van der Waals surface area contributed by atoms with E-state index in [-0.39, 0.29) is 43.9 Å². The third-order valence-electron chi connectivity index (χ3n) is 6.40. The summed E-state index contributed by atoms with van der Waals surface area (Å²) in [6.07, 6.45) is 7.79. The van der Waals surface area contributed by atoms with Gasteiger partial charge in [-0.15, -0.1) is 5.56 Å². The largest absolute Gasteiger partial charge is 0.386 e. The Balaban J connectivity index is 0.00000256. The summed E-state index contributed by atoms with van der Waals surface area (Å²) in [5, 5.41) is 3.57. The molecule has 1 fully saturated rings. The van der Waals surface area contributed by atoms with Crippen molar-refractivity contribution in [2.24, 2.45) is 17.1 Å². The number of carbonyl (C=O) groups is 2. The van der Waals surface area contributed by atoms with Crippen LogP contribution in [0.4, 0.5) is 5.69 Å². The van der Waals surface area contributed by atoms with Crippen LogP contribution in [0.1, 0.15) is 79.3 Å². The van der Waals surface area contributed by atoms with Crippen LogP contribution in [0.3, 0.4) is 0 Å². The zero-order valence-electron chi connectivity index (χ0n) is 18.1. The Kier molecular flexibility index (Phi) is 6.93. The standard InChI is InChI=1S/C24H30N3O2.Y/c1-15-4-6-16(7-5-15)26-20-12-17(8-9-18(20)23(25)29)27-11-10-19-21(27)13-24(2,3)14-22(19)28;/h8-9,11-12,15-16,26H,4-7,13-14H2,1-3H3,(H2,25,29);/q-1;. The van der Waals surface area contributed by atoms with Gasteiger partial charge in [-0.25, -0.2) is 0 Å². The minimum atomic E-state index is -0.430. The first-order valence-electron chi connectivity index (χ1n) is 10.6. The van der Waals surface area contributed by atoms with Crippen LogP contribution in [0.2, 0.25) is 0 Å². The number of primary amides is 1. The predicted octanol–water partition coefficient (Wildman–Crippen LogP) is 4.52. The predicted molar refractivity (Wildman–Crippen MR) is 115 cm³/mol. The maximum absolute atomic E-state index is 12.5. The van der Waals surface area contributed by atoms with Gasteiger partial charge in [0.1, 0.15) is 0 Å². The number of nitrogens with one attached hydrogen (secondary N) is 1. The molecule has 1 amide bonds. The van der Waals surface area contributed by atoms with Crippen LogP contribution in [0, 0.1) is 17.4 Å². The van der Waals surface area contributed by atoms with Crippen molar-refractivity contribution < 1.29 is 42.3 Å². The van der Waals surface area contributed by atoms with Gasteiger partial charge >= 0.3 is 0 Å². The number of rotatable bonds is 4. The van der Waals surface area contributed by atoms with Crippen LogP contribution in [0.5, 0.6) is 0 Å². The summed E-state index contributed by atoms with van der Waals surface area (Å²) >= 11 is 0. The molecule has 5 nitrogen and oxygen atoms in total. The summed E-state index contributed by atoms with van der Waals surface area (Å²) in [6, 6.07) is 9.18. The normalized spacial score (nSPS) is 22.7. The molecule has 0 aliphatic heterocycles. The van der Waals surface area contributed by atoms with Crippen LogP contribution in [0.25, 0.3) is 5.69 Å². The fourth-order valence-corrected chi connectivity index (χ4v) is 4.74. The zero-order valence-corrected chi connectivity index (χ0v) is 21.0. The van der Waals surface area contributed by atoms with Crippen molar-refractivity contribution in [3.05, 3.63) is 47.3 Å². The molecule has 1 aromatic heterocycles. The van der Waals surface area contributed by atoms with E-state index in [9.17, 15) is 9.59 Å². The van der Waals surface area contributed by atoms with Crippen LogP contribution in [-0.2, 0) is 39.1 Å². The van der Waals surface area contributed by atoms with E-state index in [0.29, 0.717) is 23.6 Å². The van der Waals surface area contributed by atoms with E-state index in [2.05, 4.69) is 32.2 Å². The van der Waals surface area contributed by atoms with Gasteiger partial charge in [0.2, 0.25) is 0 Å². The molecular formula is C24H30N3O2Y-. The number of nitrogens with zero attached hydrogens (tertiary/aromatic N) is 1. The van der Waals surface area contributed by atoms with Crippen molar-refractivity contribution in [3.8, 4) is 5.69 Å². The summed E-state index contributed by atoms with van der Waals surface area (Å²) in [5.74, 6) is 0.483. The SMILES string of the molecule is CC1CCC(Nc2cc(-n3c[c-]c4c3CC(C)(C)CC4=O)ccc2C(N)=O)CC1.[Y]. The number of fused-ring (bicyclic) bond motifs is 1. The second kappa shape index (κ2) is 8.96. The first-order valence-corrected chi connectivity index (χ1v) is 10.6. The third-order valence-corrected chi connectivity index (χ3v) is 6.40. The summed E-state index contributed by atoms with van der Waals surface area (Å²) in [7, 11) is 0. The summed E-state index contributed by atoms with van der Waals surface area (Å²) in [5.41, 5.74) is 9.47. The molecule has 4 rings (SSSR count). The summed E-state index contributed by atoms with van der Waals surface area (Å²) in [6.45, 7) is 6.54. The Labute approximate surface area is 204 Å². The molecule has 1 heterocycles. The molecule has 1 aromatic carbocycles. The fourth-order valence-electron chi connectivity index (χ4n) is 4.74. The molecule has 3 N–H and O–H groups in total. The van der Waals surface area contributed by atoms with E-state index < -0.39 is 5.91 Å². The molecule has 1 radical (unpaired) electrons. The van der Waals surface area contributed by atoms with Gasteiger partial charge < -0.3 is 20.4 Å². The van der Waals surface area contributed by atoms with Crippen molar-refractivity contribution >= 4 is 17.4 Å². The average molecular weight is 481 g/mol. The van der Waals surface area contributed by atoms with Crippen molar-refractivity contribution in [1.82, 2.24) is 4.57 Å². The molecule has 6 heteroatoms. The molecule has 1 saturated carbocycles. The van der Waals surface area contributed by atoms with E-state index >= 15 is 0 Å². The van der Waals surface area contributed by atoms with Crippen molar-refractivity contribution in [2.45, 2.75) is 65.3 Å². The van der Waals surface area contributed by atoms with Crippen LogP contribution < -0.4 is 11.1 Å². The molecule has 0 unspecified atom stereocenters. The van der Waals surface area contributed by atoms with E-state index in [4.69, 9.17) is 5.73 Å². The first-order chi connectivity index (χ1) is 13.7. The number of carbonyl (C=O) groups excluding carboxylic acids is 2. The second-order valence-electron chi connectivity index (χ2n) is 9.60. The molecule has 2 aromatic rings. The second-order valence-corrected chi connectivity index (χ2v) is 9.60. The number of aromatic nitrogens is 1. The van der Waals surface area contributed by atoms with Crippen molar-refractivity contribution in [3.63, 3.8) is 0 Å². The van der Waals surface area contributed by atoms with Crippen LogP contribution in [-0.4, -0.2) is 22.3 Å². The number of ketones is 1. The number of nitrogens with two attached hydrogens (primary N) is 1. The first kappa shape index (κ1) is 23.2. The van der Waals surface area contributed by atoms with Gasteiger partial charge in [-0.1, -0.05) is 39.1 Å². The van der Waals surface area contributed by atoms with E-state index in [1.165, 1.54) is 12.8 Å². The van der Waals surface area contributed by atoms with E-state index in [0.717, 1.165) is 42.2 Å². The Bertz CT molecular complexity index is 955. The van der Waals surface area contributed by atoms with Gasteiger partial charge in [0, 0.05) is 50.1 Å². The van der Waals surface area contributed by atoms with Gasteiger partial charge in [-0.05, 0) is 61.6 Å². The number of anilines is 1. The van der Waals surface area contributed by atoms with Gasteiger partial charge in [-0.3, -0.25) is 4.79 Å². The molecule has 0 bridgehead atoms. The molecule has 2 aliphatic rings. The Morgan fingerprint density at radius 1 is 1.20 bits per heavy atom. The van der Waals surface area contributed by atoms with Crippen LogP contribution in [0.15, 0.2) is 24.4 Å². The molecule has 0 saturated heterocycles. The van der Waals surface area contributed by atoms with Crippen LogP contribution >= 0.6 is 0 Å². The molecule has 2 aliphatic carbocycles.